The lowest BCUT2D eigenvalue weighted by Gasteiger charge is -2.20. The standard InChI is InChI=1S/C9H22N2O/c1-3-6-11(4-2)7-5-9(12)8-10/h9,12H,3-8,10H2,1-2H3. The molecule has 0 aliphatic heterocycles. The van der Waals surface area contributed by atoms with Gasteiger partial charge in [-0.05, 0) is 25.9 Å². The molecule has 0 aromatic carbocycles. The third kappa shape index (κ3) is 5.52. The predicted octanol–water partition coefficient (Wildman–Crippen LogP) is 0.428. The van der Waals surface area contributed by atoms with Crippen LogP contribution in [0.2, 0.25) is 0 Å². The van der Waals surface area contributed by atoms with Gasteiger partial charge in [-0.2, -0.15) is 0 Å². The molecule has 0 aliphatic carbocycles. The zero-order chi connectivity index (χ0) is 9.40. The van der Waals surface area contributed by atoms with Crippen LogP contribution in [-0.2, 0) is 0 Å². The molecule has 0 aliphatic rings. The molecule has 0 saturated heterocycles. The van der Waals surface area contributed by atoms with Crippen LogP contribution >= 0.6 is 0 Å². The fourth-order valence-electron chi connectivity index (χ4n) is 1.19. The fourth-order valence-corrected chi connectivity index (χ4v) is 1.19. The number of rotatable bonds is 7. The maximum atomic E-state index is 9.22. The molecule has 0 heterocycles. The van der Waals surface area contributed by atoms with Gasteiger partial charge in [-0.25, -0.2) is 0 Å². The Labute approximate surface area is 75.6 Å². The summed E-state index contributed by atoms with van der Waals surface area (Å²) in [6, 6.07) is 0. The highest BCUT2D eigenvalue weighted by molar-refractivity contribution is 4.60. The van der Waals surface area contributed by atoms with Gasteiger partial charge in [0.25, 0.3) is 0 Å². The van der Waals surface area contributed by atoms with Gasteiger partial charge < -0.3 is 15.7 Å². The van der Waals surface area contributed by atoms with Crippen LogP contribution in [0.25, 0.3) is 0 Å². The van der Waals surface area contributed by atoms with Crippen molar-refractivity contribution in [2.24, 2.45) is 5.73 Å². The summed E-state index contributed by atoms with van der Waals surface area (Å²) in [4.78, 5) is 2.33. The van der Waals surface area contributed by atoms with E-state index in [1.165, 1.54) is 6.42 Å². The van der Waals surface area contributed by atoms with Crippen molar-refractivity contribution in [1.29, 1.82) is 0 Å². The quantitative estimate of drug-likeness (QED) is 0.588. The molecule has 1 unspecified atom stereocenters. The first-order valence-electron chi connectivity index (χ1n) is 4.85. The van der Waals surface area contributed by atoms with E-state index in [2.05, 4.69) is 18.7 Å². The Morgan fingerprint density at radius 1 is 1.33 bits per heavy atom. The zero-order valence-electron chi connectivity index (χ0n) is 8.29. The van der Waals surface area contributed by atoms with Crippen LogP contribution in [0.1, 0.15) is 26.7 Å². The van der Waals surface area contributed by atoms with E-state index in [0.29, 0.717) is 6.54 Å². The van der Waals surface area contributed by atoms with Crippen molar-refractivity contribution in [2.75, 3.05) is 26.2 Å². The molecule has 0 fully saturated rings. The Kier molecular flexibility index (Phi) is 7.45. The van der Waals surface area contributed by atoms with Gasteiger partial charge >= 0.3 is 0 Å². The van der Waals surface area contributed by atoms with Crippen LogP contribution in [-0.4, -0.2) is 42.3 Å². The number of nitrogens with two attached hydrogens (primary N) is 1. The summed E-state index contributed by atoms with van der Waals surface area (Å²) in [5, 5.41) is 9.22. The lowest BCUT2D eigenvalue weighted by Crippen LogP contribution is -2.30. The highest BCUT2D eigenvalue weighted by Gasteiger charge is 2.04. The second kappa shape index (κ2) is 7.53. The smallest absolute Gasteiger partial charge is 0.0674 e. The van der Waals surface area contributed by atoms with Crippen molar-refractivity contribution >= 4 is 0 Å². The highest BCUT2D eigenvalue weighted by atomic mass is 16.3. The molecule has 3 heteroatoms. The largest absolute Gasteiger partial charge is 0.392 e. The van der Waals surface area contributed by atoms with Gasteiger partial charge in [0.15, 0.2) is 0 Å². The number of aliphatic hydroxyl groups is 1. The van der Waals surface area contributed by atoms with Gasteiger partial charge in [-0.1, -0.05) is 13.8 Å². The average Bonchev–Trinajstić information content (AvgIpc) is 2.11. The molecule has 0 rings (SSSR count). The summed E-state index contributed by atoms with van der Waals surface area (Å²) < 4.78 is 0. The number of hydrogen-bond donors (Lipinski definition) is 2. The van der Waals surface area contributed by atoms with Gasteiger partial charge in [-0.3, -0.25) is 0 Å². The molecule has 3 N–H and O–H groups in total. The molecule has 0 spiro atoms. The van der Waals surface area contributed by atoms with Gasteiger partial charge in [0, 0.05) is 13.1 Å². The SMILES string of the molecule is CCCN(CC)CCC(O)CN. The first-order chi connectivity index (χ1) is 5.74. The van der Waals surface area contributed by atoms with Crippen molar-refractivity contribution < 1.29 is 5.11 Å². The molecular formula is C9H22N2O. The molecule has 1 atom stereocenters. The van der Waals surface area contributed by atoms with E-state index in [-0.39, 0.29) is 6.10 Å². The van der Waals surface area contributed by atoms with E-state index in [1.807, 2.05) is 0 Å². The summed E-state index contributed by atoms with van der Waals surface area (Å²) in [5.41, 5.74) is 5.31. The molecule has 0 radical (unpaired) electrons. The summed E-state index contributed by atoms with van der Waals surface area (Å²) in [6.45, 7) is 7.83. The molecule has 12 heavy (non-hydrogen) atoms. The molecule has 0 saturated carbocycles. The van der Waals surface area contributed by atoms with Gasteiger partial charge in [0.05, 0.1) is 6.10 Å². The Bertz CT molecular complexity index is 98.5. The van der Waals surface area contributed by atoms with Gasteiger partial charge in [0.2, 0.25) is 0 Å². The monoisotopic (exact) mass is 174 g/mol. The summed E-state index contributed by atoms with van der Waals surface area (Å²) in [6.07, 6.45) is 1.65. The van der Waals surface area contributed by atoms with E-state index in [9.17, 15) is 5.11 Å². The van der Waals surface area contributed by atoms with Gasteiger partial charge in [0.1, 0.15) is 0 Å². The Morgan fingerprint density at radius 3 is 2.42 bits per heavy atom. The van der Waals surface area contributed by atoms with E-state index < -0.39 is 0 Å². The van der Waals surface area contributed by atoms with Gasteiger partial charge in [-0.15, -0.1) is 0 Å². The van der Waals surface area contributed by atoms with Crippen molar-refractivity contribution in [1.82, 2.24) is 4.90 Å². The Balaban J connectivity index is 3.43. The minimum atomic E-state index is -0.323. The van der Waals surface area contributed by atoms with E-state index in [0.717, 1.165) is 26.1 Å². The highest BCUT2D eigenvalue weighted by Crippen LogP contribution is 1.96. The second-order valence-corrected chi connectivity index (χ2v) is 3.11. The maximum Gasteiger partial charge on any atom is 0.0674 e. The average molecular weight is 174 g/mol. The normalized spacial score (nSPS) is 13.8. The van der Waals surface area contributed by atoms with E-state index >= 15 is 0 Å². The van der Waals surface area contributed by atoms with Crippen molar-refractivity contribution in [3.63, 3.8) is 0 Å². The maximum absolute atomic E-state index is 9.22. The van der Waals surface area contributed by atoms with Crippen LogP contribution < -0.4 is 5.73 Å². The van der Waals surface area contributed by atoms with E-state index in [4.69, 9.17) is 5.73 Å². The first kappa shape index (κ1) is 11.9. The van der Waals surface area contributed by atoms with Crippen LogP contribution in [0.15, 0.2) is 0 Å². The number of nitrogens with zero attached hydrogens (tertiary/aromatic N) is 1. The summed E-state index contributed by atoms with van der Waals surface area (Å²) in [7, 11) is 0. The Morgan fingerprint density at radius 2 is 2.00 bits per heavy atom. The van der Waals surface area contributed by atoms with E-state index in [1.54, 1.807) is 0 Å². The molecule has 74 valence electrons. The molecule has 0 aromatic rings. The van der Waals surface area contributed by atoms with Crippen LogP contribution in [0.3, 0.4) is 0 Å². The number of aliphatic hydroxyl groups excluding tert-OH is 1. The third-order valence-electron chi connectivity index (χ3n) is 2.04. The third-order valence-corrected chi connectivity index (χ3v) is 2.04. The zero-order valence-corrected chi connectivity index (χ0v) is 8.29. The van der Waals surface area contributed by atoms with Crippen molar-refractivity contribution in [3.8, 4) is 0 Å². The Hall–Kier alpha value is -0.120. The summed E-state index contributed by atoms with van der Waals surface area (Å²) >= 11 is 0. The minimum Gasteiger partial charge on any atom is -0.392 e. The fraction of sp³-hybridized carbons (Fsp3) is 1.00. The second-order valence-electron chi connectivity index (χ2n) is 3.11. The molecule has 0 bridgehead atoms. The minimum absolute atomic E-state index is 0.323. The molecule has 0 amide bonds. The topological polar surface area (TPSA) is 49.5 Å². The molecule has 3 nitrogen and oxygen atoms in total. The van der Waals surface area contributed by atoms with Crippen LogP contribution in [0.4, 0.5) is 0 Å². The van der Waals surface area contributed by atoms with Crippen molar-refractivity contribution in [2.45, 2.75) is 32.8 Å². The molecular weight excluding hydrogens is 152 g/mol. The lowest BCUT2D eigenvalue weighted by atomic mass is 10.2. The van der Waals surface area contributed by atoms with Crippen LogP contribution in [0.5, 0.6) is 0 Å². The molecule has 0 aromatic heterocycles. The van der Waals surface area contributed by atoms with Crippen molar-refractivity contribution in [3.05, 3.63) is 0 Å². The van der Waals surface area contributed by atoms with Crippen LogP contribution in [0, 0.1) is 0 Å². The first-order valence-corrected chi connectivity index (χ1v) is 4.85. The summed E-state index contributed by atoms with van der Waals surface area (Å²) in [5.74, 6) is 0. The predicted molar refractivity (Wildman–Crippen MR) is 52.1 cm³/mol. The number of hydrogen-bond acceptors (Lipinski definition) is 3. The lowest BCUT2D eigenvalue weighted by molar-refractivity contribution is 0.148.